The number of nitrogens with zero attached hydrogens (tertiary/aromatic N) is 1. The monoisotopic (exact) mass is 389 g/mol. The topological polar surface area (TPSA) is 87.7 Å². The largest absolute Gasteiger partial charge is 0.444 e. The standard InChI is InChI=1S/C16H24ClN3O4S/c1-16(2,3)24-15(21)20-8-7-12(10-20)18-14-9-11(5-6-13(14)17)19-25(4,22)23/h5-6,9,12,18-19H,7-8,10H2,1-4H3. The Morgan fingerprint density at radius 1 is 1.36 bits per heavy atom. The Morgan fingerprint density at radius 2 is 2.04 bits per heavy atom. The van der Waals surface area contributed by atoms with E-state index < -0.39 is 15.6 Å². The first kappa shape index (κ1) is 19.7. The Balaban J connectivity index is 2.01. The van der Waals surface area contributed by atoms with Crippen molar-refractivity contribution in [2.24, 2.45) is 0 Å². The quantitative estimate of drug-likeness (QED) is 0.825. The van der Waals surface area contributed by atoms with E-state index in [0.717, 1.165) is 12.7 Å². The molecule has 1 saturated heterocycles. The molecule has 9 heteroatoms. The molecule has 1 unspecified atom stereocenters. The van der Waals surface area contributed by atoms with Crippen molar-refractivity contribution in [2.75, 3.05) is 29.4 Å². The van der Waals surface area contributed by atoms with Gasteiger partial charge in [0, 0.05) is 19.1 Å². The molecule has 0 radical (unpaired) electrons. The summed E-state index contributed by atoms with van der Waals surface area (Å²) in [5.74, 6) is 0. The zero-order chi connectivity index (χ0) is 18.8. The predicted molar refractivity (Wildman–Crippen MR) is 99.8 cm³/mol. The molecule has 25 heavy (non-hydrogen) atoms. The van der Waals surface area contributed by atoms with Crippen molar-refractivity contribution in [3.05, 3.63) is 23.2 Å². The molecule has 1 aliphatic heterocycles. The number of rotatable bonds is 4. The van der Waals surface area contributed by atoms with E-state index in [9.17, 15) is 13.2 Å². The Labute approximate surface area is 153 Å². The lowest BCUT2D eigenvalue weighted by molar-refractivity contribution is 0.0293. The van der Waals surface area contributed by atoms with Crippen LogP contribution < -0.4 is 10.0 Å². The molecule has 7 nitrogen and oxygen atoms in total. The third-order valence-electron chi connectivity index (χ3n) is 3.47. The van der Waals surface area contributed by atoms with Crippen molar-refractivity contribution in [3.8, 4) is 0 Å². The van der Waals surface area contributed by atoms with Gasteiger partial charge in [0.25, 0.3) is 0 Å². The van der Waals surface area contributed by atoms with E-state index >= 15 is 0 Å². The fourth-order valence-electron chi connectivity index (χ4n) is 2.50. The first-order valence-corrected chi connectivity index (χ1v) is 10.2. The molecule has 0 aliphatic carbocycles. The minimum absolute atomic E-state index is 0.0125. The van der Waals surface area contributed by atoms with Gasteiger partial charge in [0.2, 0.25) is 10.0 Å². The van der Waals surface area contributed by atoms with E-state index in [1.165, 1.54) is 0 Å². The highest BCUT2D eigenvalue weighted by atomic mass is 35.5. The third kappa shape index (κ3) is 6.28. The lowest BCUT2D eigenvalue weighted by atomic mass is 10.2. The summed E-state index contributed by atoms with van der Waals surface area (Å²) >= 11 is 6.19. The highest BCUT2D eigenvalue weighted by Crippen LogP contribution is 2.28. The van der Waals surface area contributed by atoms with Crippen LogP contribution in [0.2, 0.25) is 5.02 Å². The summed E-state index contributed by atoms with van der Waals surface area (Å²) in [6.07, 6.45) is 1.50. The number of ether oxygens (including phenoxy) is 1. The van der Waals surface area contributed by atoms with Gasteiger partial charge in [0.15, 0.2) is 0 Å². The number of anilines is 2. The maximum Gasteiger partial charge on any atom is 0.410 e. The van der Waals surface area contributed by atoms with Gasteiger partial charge in [-0.1, -0.05) is 11.6 Å². The Morgan fingerprint density at radius 3 is 2.64 bits per heavy atom. The van der Waals surface area contributed by atoms with Crippen molar-refractivity contribution in [3.63, 3.8) is 0 Å². The minimum Gasteiger partial charge on any atom is -0.444 e. The first-order valence-electron chi connectivity index (χ1n) is 7.95. The van der Waals surface area contributed by atoms with Crippen LogP contribution in [0.4, 0.5) is 16.2 Å². The molecule has 140 valence electrons. The predicted octanol–water partition coefficient (Wildman–Crippen LogP) is 3.13. The van der Waals surface area contributed by atoms with Crippen LogP contribution >= 0.6 is 11.6 Å². The molecule has 1 aromatic rings. The molecule has 1 atom stereocenters. The van der Waals surface area contributed by atoms with Crippen molar-refractivity contribution in [1.29, 1.82) is 0 Å². The molecule has 1 aliphatic rings. The fourth-order valence-corrected chi connectivity index (χ4v) is 3.23. The van der Waals surface area contributed by atoms with Gasteiger partial charge in [0.1, 0.15) is 5.60 Å². The van der Waals surface area contributed by atoms with Crippen LogP contribution in [0, 0.1) is 0 Å². The molecule has 1 aromatic carbocycles. The van der Waals surface area contributed by atoms with E-state index in [1.807, 2.05) is 20.8 Å². The van der Waals surface area contributed by atoms with Crippen molar-refractivity contribution in [1.82, 2.24) is 4.90 Å². The molecule has 0 aromatic heterocycles. The summed E-state index contributed by atoms with van der Waals surface area (Å²) in [6.45, 7) is 6.57. The molecule has 2 rings (SSSR count). The average molecular weight is 390 g/mol. The molecule has 1 fully saturated rings. The van der Waals surface area contributed by atoms with E-state index in [0.29, 0.717) is 29.5 Å². The van der Waals surface area contributed by atoms with Gasteiger partial charge < -0.3 is 15.0 Å². The third-order valence-corrected chi connectivity index (χ3v) is 4.41. The van der Waals surface area contributed by atoms with Crippen LogP contribution in [0.1, 0.15) is 27.2 Å². The van der Waals surface area contributed by atoms with Gasteiger partial charge in [-0.3, -0.25) is 4.72 Å². The molecular weight excluding hydrogens is 366 g/mol. The van der Waals surface area contributed by atoms with Gasteiger partial charge in [-0.15, -0.1) is 0 Å². The first-order chi connectivity index (χ1) is 11.4. The molecule has 0 spiro atoms. The van der Waals surface area contributed by atoms with Crippen LogP contribution in [-0.4, -0.2) is 50.4 Å². The van der Waals surface area contributed by atoms with E-state index in [2.05, 4.69) is 10.0 Å². The van der Waals surface area contributed by atoms with Gasteiger partial charge in [-0.05, 0) is 45.4 Å². The molecule has 1 heterocycles. The van der Waals surface area contributed by atoms with Crippen molar-refractivity contribution >= 4 is 39.1 Å². The second-order valence-corrected chi connectivity index (χ2v) is 9.28. The molecule has 2 N–H and O–H groups in total. The second-order valence-electron chi connectivity index (χ2n) is 7.13. The minimum atomic E-state index is -3.36. The summed E-state index contributed by atoms with van der Waals surface area (Å²) < 4.78 is 30.5. The SMILES string of the molecule is CC(C)(C)OC(=O)N1CCC(Nc2cc(NS(C)(=O)=O)ccc2Cl)C1. The van der Waals surface area contributed by atoms with Gasteiger partial charge in [-0.2, -0.15) is 0 Å². The number of likely N-dealkylation sites (tertiary alicyclic amines) is 1. The highest BCUT2D eigenvalue weighted by Gasteiger charge is 2.30. The number of hydrogen-bond donors (Lipinski definition) is 2. The molecular formula is C16H24ClN3O4S. The number of amides is 1. The summed E-state index contributed by atoms with van der Waals surface area (Å²) in [6, 6.07) is 4.87. The maximum absolute atomic E-state index is 12.1. The fraction of sp³-hybridized carbons (Fsp3) is 0.562. The smallest absolute Gasteiger partial charge is 0.410 e. The van der Waals surface area contributed by atoms with Gasteiger partial charge in [-0.25, -0.2) is 13.2 Å². The Hall–Kier alpha value is -1.67. The zero-order valence-electron chi connectivity index (χ0n) is 14.8. The zero-order valence-corrected chi connectivity index (χ0v) is 16.4. The average Bonchev–Trinajstić information content (AvgIpc) is 2.88. The molecule has 0 bridgehead atoms. The summed E-state index contributed by atoms with van der Waals surface area (Å²) in [4.78, 5) is 13.8. The summed E-state index contributed by atoms with van der Waals surface area (Å²) in [5, 5.41) is 3.75. The van der Waals surface area contributed by atoms with Gasteiger partial charge in [0.05, 0.1) is 22.7 Å². The number of hydrogen-bond acceptors (Lipinski definition) is 5. The summed E-state index contributed by atoms with van der Waals surface area (Å²) in [5.41, 5.74) is 0.514. The summed E-state index contributed by atoms with van der Waals surface area (Å²) in [7, 11) is -3.36. The normalized spacial score (nSPS) is 18.1. The number of halogens is 1. The maximum atomic E-state index is 12.1. The van der Waals surface area contributed by atoms with Crippen LogP contribution in [0.5, 0.6) is 0 Å². The Bertz CT molecular complexity index is 746. The molecule has 0 saturated carbocycles. The number of carbonyl (C=O) groups excluding carboxylic acids is 1. The van der Waals surface area contributed by atoms with E-state index in [-0.39, 0.29) is 12.1 Å². The lowest BCUT2D eigenvalue weighted by Gasteiger charge is -2.24. The van der Waals surface area contributed by atoms with E-state index in [1.54, 1.807) is 23.1 Å². The van der Waals surface area contributed by atoms with Crippen molar-refractivity contribution in [2.45, 2.75) is 38.8 Å². The van der Waals surface area contributed by atoms with Crippen LogP contribution in [0.25, 0.3) is 0 Å². The second kappa shape index (κ2) is 7.29. The molecule has 1 amide bonds. The van der Waals surface area contributed by atoms with Crippen LogP contribution in [0.15, 0.2) is 18.2 Å². The number of benzene rings is 1. The number of carbonyl (C=O) groups is 1. The number of sulfonamides is 1. The highest BCUT2D eigenvalue weighted by molar-refractivity contribution is 7.92. The van der Waals surface area contributed by atoms with E-state index in [4.69, 9.17) is 16.3 Å². The number of nitrogens with one attached hydrogen (secondary N) is 2. The lowest BCUT2D eigenvalue weighted by Crippen LogP contribution is -2.36. The van der Waals surface area contributed by atoms with Crippen LogP contribution in [0.3, 0.4) is 0 Å². The van der Waals surface area contributed by atoms with Gasteiger partial charge >= 0.3 is 6.09 Å². The van der Waals surface area contributed by atoms with Crippen LogP contribution in [-0.2, 0) is 14.8 Å². The Kier molecular flexibility index (Phi) is 5.73. The van der Waals surface area contributed by atoms with Crippen molar-refractivity contribution < 1.29 is 17.9 Å².